The van der Waals surface area contributed by atoms with E-state index in [0.29, 0.717) is 32.4 Å². The fourth-order valence-corrected chi connectivity index (χ4v) is 6.01. The van der Waals surface area contributed by atoms with Gasteiger partial charge in [-0.25, -0.2) is 9.37 Å². The topological polar surface area (TPSA) is 75.4 Å². The number of piperidine rings is 1. The largest absolute Gasteiger partial charge is 0.387 e. The number of hydrogen-bond acceptors (Lipinski definition) is 4. The summed E-state index contributed by atoms with van der Waals surface area (Å²) in [5.74, 6) is -0.324. The number of halogens is 1. The maximum atomic E-state index is 14.2. The van der Waals surface area contributed by atoms with Gasteiger partial charge in [-0.2, -0.15) is 0 Å². The molecule has 2 aliphatic rings. The smallest absolute Gasteiger partial charge is 0.253 e. The second-order valence-corrected chi connectivity index (χ2v) is 10.3. The third-order valence-electron chi connectivity index (χ3n) is 8.12. The van der Waals surface area contributed by atoms with Gasteiger partial charge in [-0.05, 0) is 43.4 Å². The Hall–Kier alpha value is -3.32. The van der Waals surface area contributed by atoms with E-state index in [1.54, 1.807) is 18.2 Å². The van der Waals surface area contributed by atoms with Crippen molar-refractivity contribution in [2.45, 2.75) is 57.1 Å². The molecule has 0 bridgehead atoms. The van der Waals surface area contributed by atoms with Gasteiger partial charge in [0.1, 0.15) is 5.82 Å². The van der Waals surface area contributed by atoms with Crippen LogP contribution in [0, 0.1) is 11.2 Å². The van der Waals surface area contributed by atoms with Gasteiger partial charge in [-0.15, -0.1) is 0 Å². The van der Waals surface area contributed by atoms with Gasteiger partial charge in [0.2, 0.25) is 5.91 Å². The number of aryl methyl sites for hydroxylation is 1. The third-order valence-corrected chi connectivity index (χ3v) is 8.12. The molecule has 6 nitrogen and oxygen atoms in total. The molecule has 1 aliphatic carbocycles. The summed E-state index contributed by atoms with van der Waals surface area (Å²) in [6, 6.07) is 17.5. The molecule has 0 radical (unpaired) electrons. The first kappa shape index (κ1) is 24.4. The number of aliphatic hydroxyl groups is 1. The molecule has 1 amide bonds. The summed E-state index contributed by atoms with van der Waals surface area (Å²) in [6.45, 7) is 1.08. The minimum Gasteiger partial charge on any atom is -0.387 e. The molecule has 36 heavy (non-hydrogen) atoms. The number of hydrogen-bond donors (Lipinski definition) is 1. The van der Waals surface area contributed by atoms with Gasteiger partial charge in [0.05, 0.1) is 24.2 Å². The molecule has 1 aromatic heterocycles. The Balaban J connectivity index is 1.32. The van der Waals surface area contributed by atoms with Gasteiger partial charge in [0, 0.05) is 36.6 Å². The zero-order chi connectivity index (χ0) is 25.2. The van der Waals surface area contributed by atoms with E-state index in [-0.39, 0.29) is 29.3 Å². The van der Waals surface area contributed by atoms with Gasteiger partial charge in [-0.1, -0.05) is 55.3 Å². The van der Waals surface area contributed by atoms with Crippen molar-refractivity contribution in [1.82, 2.24) is 14.5 Å². The fraction of sp³-hybridized carbons (Fsp3) is 0.414. The average molecular weight is 490 g/mol. The Kier molecular flexibility index (Phi) is 6.75. The molecule has 2 aromatic carbocycles. The number of likely N-dealkylation sites (tertiary alicyclic amines) is 1. The lowest BCUT2D eigenvalue weighted by molar-refractivity contribution is -0.160. The Labute approximate surface area is 210 Å². The van der Waals surface area contributed by atoms with Crippen LogP contribution in [0.15, 0.2) is 71.8 Å². The van der Waals surface area contributed by atoms with Crippen molar-refractivity contribution < 1.29 is 14.3 Å². The van der Waals surface area contributed by atoms with E-state index in [9.17, 15) is 19.1 Å². The van der Waals surface area contributed by atoms with Crippen LogP contribution in [-0.4, -0.2) is 44.2 Å². The van der Waals surface area contributed by atoms with Crippen molar-refractivity contribution in [3.8, 4) is 11.3 Å². The highest BCUT2D eigenvalue weighted by atomic mass is 19.1. The molecule has 7 heteroatoms. The van der Waals surface area contributed by atoms with Crippen LogP contribution in [0.2, 0.25) is 0 Å². The standard InChI is InChI=1S/C29H32FN3O3/c30-24-11-5-4-10-23(24)25-18-27(35)33(21-31-25)20-29(36)16-17-32(19-28(29)14-6-7-15-28)26(34)13-12-22-8-2-1-3-9-22/h1-5,8-11,18,21,36H,6-7,12-17,19-20H2. The van der Waals surface area contributed by atoms with E-state index in [1.807, 2.05) is 35.2 Å². The fourth-order valence-electron chi connectivity index (χ4n) is 6.01. The molecular weight excluding hydrogens is 457 g/mol. The first-order valence-electron chi connectivity index (χ1n) is 12.7. The van der Waals surface area contributed by atoms with Gasteiger partial charge in [0.15, 0.2) is 0 Å². The number of nitrogens with zero attached hydrogens (tertiary/aromatic N) is 3. The summed E-state index contributed by atoms with van der Waals surface area (Å²) in [5.41, 5.74) is -0.208. The van der Waals surface area contributed by atoms with Crippen molar-refractivity contribution in [2.24, 2.45) is 5.41 Å². The Morgan fingerprint density at radius 2 is 1.75 bits per heavy atom. The predicted molar refractivity (Wildman–Crippen MR) is 136 cm³/mol. The van der Waals surface area contributed by atoms with Crippen LogP contribution >= 0.6 is 0 Å². The molecule has 1 aliphatic heterocycles. The van der Waals surface area contributed by atoms with Gasteiger partial charge < -0.3 is 10.0 Å². The Morgan fingerprint density at radius 3 is 2.47 bits per heavy atom. The first-order valence-corrected chi connectivity index (χ1v) is 12.7. The van der Waals surface area contributed by atoms with Gasteiger partial charge in [0.25, 0.3) is 5.56 Å². The van der Waals surface area contributed by atoms with Gasteiger partial charge >= 0.3 is 0 Å². The SMILES string of the molecule is O=C(CCc1ccccc1)N1CCC(O)(Cn2cnc(-c3ccccc3F)cc2=O)C2(CCCC2)C1. The highest BCUT2D eigenvalue weighted by Gasteiger charge is 2.55. The van der Waals surface area contributed by atoms with E-state index in [1.165, 1.54) is 23.0 Å². The highest BCUT2D eigenvalue weighted by molar-refractivity contribution is 5.76. The quantitative estimate of drug-likeness (QED) is 0.563. The molecule has 2 fully saturated rings. The molecule has 1 unspecified atom stereocenters. The zero-order valence-corrected chi connectivity index (χ0v) is 20.4. The Morgan fingerprint density at radius 1 is 1.03 bits per heavy atom. The lowest BCUT2D eigenvalue weighted by Crippen LogP contribution is -2.62. The molecule has 1 saturated carbocycles. The molecule has 5 rings (SSSR count). The van der Waals surface area contributed by atoms with E-state index < -0.39 is 16.8 Å². The van der Waals surface area contributed by atoms with Crippen LogP contribution in [-0.2, 0) is 17.8 Å². The van der Waals surface area contributed by atoms with E-state index in [4.69, 9.17) is 0 Å². The second kappa shape index (κ2) is 9.97. The molecule has 2 heterocycles. The molecule has 1 N–H and O–H groups in total. The highest BCUT2D eigenvalue weighted by Crippen LogP contribution is 2.51. The number of benzene rings is 2. The summed E-state index contributed by atoms with van der Waals surface area (Å²) in [6.07, 6.45) is 6.58. The number of amides is 1. The van der Waals surface area contributed by atoms with Crippen molar-refractivity contribution >= 4 is 5.91 Å². The van der Waals surface area contributed by atoms with Crippen molar-refractivity contribution in [1.29, 1.82) is 0 Å². The maximum absolute atomic E-state index is 14.2. The number of rotatable bonds is 6. The summed E-state index contributed by atoms with van der Waals surface area (Å²) in [5, 5.41) is 12.0. The van der Waals surface area contributed by atoms with Crippen LogP contribution in [0.5, 0.6) is 0 Å². The molecule has 188 valence electrons. The minimum absolute atomic E-state index is 0.111. The van der Waals surface area contributed by atoms with E-state index in [0.717, 1.165) is 31.2 Å². The van der Waals surface area contributed by atoms with Crippen molar-refractivity contribution in [3.05, 3.63) is 88.7 Å². The first-order chi connectivity index (χ1) is 17.4. The lowest BCUT2D eigenvalue weighted by atomic mass is 9.65. The van der Waals surface area contributed by atoms with E-state index in [2.05, 4.69) is 4.98 Å². The maximum Gasteiger partial charge on any atom is 0.253 e. The van der Waals surface area contributed by atoms with Crippen LogP contribution in [0.25, 0.3) is 11.3 Å². The Bertz CT molecular complexity index is 1290. The number of aromatic nitrogens is 2. The molecule has 1 atom stereocenters. The van der Waals surface area contributed by atoms with Crippen molar-refractivity contribution in [3.63, 3.8) is 0 Å². The lowest BCUT2D eigenvalue weighted by Gasteiger charge is -2.52. The number of carbonyl (C=O) groups is 1. The molecular formula is C29H32FN3O3. The zero-order valence-electron chi connectivity index (χ0n) is 20.4. The van der Waals surface area contributed by atoms with Gasteiger partial charge in [-0.3, -0.25) is 14.2 Å². The predicted octanol–water partition coefficient (Wildman–Crippen LogP) is 4.21. The second-order valence-electron chi connectivity index (χ2n) is 10.3. The molecule has 3 aromatic rings. The molecule has 1 saturated heterocycles. The normalized spacial score (nSPS) is 21.1. The van der Waals surface area contributed by atoms with E-state index >= 15 is 0 Å². The third kappa shape index (κ3) is 4.72. The van der Waals surface area contributed by atoms with Crippen LogP contribution in [0.4, 0.5) is 4.39 Å². The minimum atomic E-state index is -1.12. The number of carbonyl (C=O) groups excluding carboxylic acids is 1. The summed E-state index contributed by atoms with van der Waals surface area (Å²) in [4.78, 5) is 32.3. The van der Waals surface area contributed by atoms with Crippen molar-refractivity contribution in [2.75, 3.05) is 13.1 Å². The average Bonchev–Trinajstić information content (AvgIpc) is 3.36. The summed E-state index contributed by atoms with van der Waals surface area (Å²) >= 11 is 0. The molecule has 1 spiro atoms. The monoisotopic (exact) mass is 489 g/mol. The van der Waals surface area contributed by atoms with Crippen LogP contribution in [0.1, 0.15) is 44.1 Å². The summed E-state index contributed by atoms with van der Waals surface area (Å²) < 4.78 is 15.6. The summed E-state index contributed by atoms with van der Waals surface area (Å²) in [7, 11) is 0. The van der Waals surface area contributed by atoms with Crippen LogP contribution < -0.4 is 5.56 Å². The van der Waals surface area contributed by atoms with Crippen LogP contribution in [0.3, 0.4) is 0 Å².